The lowest BCUT2D eigenvalue weighted by molar-refractivity contribution is 0.0689. The van der Waals surface area contributed by atoms with Crippen LogP contribution in [0.25, 0.3) is 0 Å². The summed E-state index contributed by atoms with van der Waals surface area (Å²) in [6, 6.07) is 1.53. The van der Waals surface area contributed by atoms with Gasteiger partial charge in [0.15, 0.2) is 5.69 Å². The molecule has 4 heteroatoms. The summed E-state index contributed by atoms with van der Waals surface area (Å²) in [4.78, 5) is 19.7. The molecule has 4 nitrogen and oxygen atoms in total. The summed E-state index contributed by atoms with van der Waals surface area (Å²) < 4.78 is 0. The van der Waals surface area contributed by atoms with Crippen molar-refractivity contribution >= 4 is 5.97 Å². The minimum absolute atomic E-state index is 0.119. The van der Waals surface area contributed by atoms with Crippen LogP contribution in [0.2, 0.25) is 0 Å². The maximum absolute atomic E-state index is 11.0. The SMILES string of the molecule is Cc1cc(C(=O)O)nc(C2CCC(C(C)C)CC2)n1. The first-order chi connectivity index (χ1) is 8.97. The van der Waals surface area contributed by atoms with Crippen LogP contribution in [0.1, 0.15) is 67.5 Å². The molecule has 104 valence electrons. The normalized spacial score (nSPS) is 23.6. The average molecular weight is 262 g/mol. The Hall–Kier alpha value is -1.45. The molecule has 2 rings (SSSR count). The quantitative estimate of drug-likeness (QED) is 0.906. The summed E-state index contributed by atoms with van der Waals surface area (Å²) >= 11 is 0. The summed E-state index contributed by atoms with van der Waals surface area (Å²) in [5.41, 5.74) is 0.863. The van der Waals surface area contributed by atoms with Crippen LogP contribution in [0.3, 0.4) is 0 Å². The second kappa shape index (κ2) is 5.68. The third kappa shape index (κ3) is 3.31. The van der Waals surface area contributed by atoms with Gasteiger partial charge in [-0.2, -0.15) is 0 Å². The van der Waals surface area contributed by atoms with Crippen LogP contribution in [0, 0.1) is 18.8 Å². The average Bonchev–Trinajstić information content (AvgIpc) is 2.38. The van der Waals surface area contributed by atoms with E-state index >= 15 is 0 Å². The minimum atomic E-state index is -0.970. The van der Waals surface area contributed by atoms with Crippen molar-refractivity contribution in [3.05, 3.63) is 23.3 Å². The fourth-order valence-corrected chi connectivity index (χ4v) is 2.93. The Morgan fingerprint density at radius 3 is 2.42 bits per heavy atom. The van der Waals surface area contributed by atoms with Gasteiger partial charge in [-0.15, -0.1) is 0 Å². The van der Waals surface area contributed by atoms with Crippen molar-refractivity contribution in [2.75, 3.05) is 0 Å². The van der Waals surface area contributed by atoms with Crippen LogP contribution in [0.15, 0.2) is 6.07 Å². The Labute approximate surface area is 114 Å². The van der Waals surface area contributed by atoms with Gasteiger partial charge in [0.05, 0.1) is 0 Å². The fourth-order valence-electron chi connectivity index (χ4n) is 2.93. The van der Waals surface area contributed by atoms with E-state index in [2.05, 4.69) is 23.8 Å². The molecule has 0 radical (unpaired) electrons. The number of nitrogens with zero attached hydrogens (tertiary/aromatic N) is 2. The Morgan fingerprint density at radius 2 is 1.89 bits per heavy atom. The summed E-state index contributed by atoms with van der Waals surface area (Å²) in [6.45, 7) is 6.38. The molecule has 0 amide bonds. The number of rotatable bonds is 3. The van der Waals surface area contributed by atoms with Crippen molar-refractivity contribution in [2.45, 2.75) is 52.4 Å². The second-order valence-electron chi connectivity index (χ2n) is 5.91. The minimum Gasteiger partial charge on any atom is -0.477 e. The first kappa shape index (κ1) is 14.0. The maximum Gasteiger partial charge on any atom is 0.354 e. The largest absolute Gasteiger partial charge is 0.477 e. The zero-order chi connectivity index (χ0) is 14.0. The van der Waals surface area contributed by atoms with Gasteiger partial charge in [0.2, 0.25) is 0 Å². The molecule has 1 aromatic rings. The van der Waals surface area contributed by atoms with Crippen molar-refractivity contribution < 1.29 is 9.90 Å². The summed E-state index contributed by atoms with van der Waals surface area (Å²) in [5.74, 6) is 1.60. The smallest absolute Gasteiger partial charge is 0.354 e. The molecule has 0 unspecified atom stereocenters. The molecule has 0 aliphatic heterocycles. The van der Waals surface area contributed by atoms with Crippen molar-refractivity contribution in [3.63, 3.8) is 0 Å². The van der Waals surface area contributed by atoms with Gasteiger partial charge in [-0.25, -0.2) is 14.8 Å². The monoisotopic (exact) mass is 262 g/mol. The van der Waals surface area contributed by atoms with E-state index in [1.165, 1.54) is 18.9 Å². The highest BCUT2D eigenvalue weighted by Gasteiger charge is 2.26. The lowest BCUT2D eigenvalue weighted by Gasteiger charge is -2.30. The molecule has 0 atom stereocenters. The van der Waals surface area contributed by atoms with E-state index in [4.69, 9.17) is 5.11 Å². The predicted octanol–water partition coefficient (Wildman–Crippen LogP) is 3.41. The molecule has 0 saturated heterocycles. The Balaban J connectivity index is 2.13. The molecule has 1 aliphatic rings. The molecule has 1 saturated carbocycles. The van der Waals surface area contributed by atoms with Crippen LogP contribution < -0.4 is 0 Å². The van der Waals surface area contributed by atoms with E-state index in [0.717, 1.165) is 36.2 Å². The molecule has 1 aliphatic carbocycles. The summed E-state index contributed by atoms with van der Waals surface area (Å²) in [5, 5.41) is 9.06. The molecule has 1 aromatic heterocycles. The molecule has 0 bridgehead atoms. The number of aryl methyl sites for hydroxylation is 1. The number of carboxylic acids is 1. The zero-order valence-corrected chi connectivity index (χ0v) is 11.9. The van der Waals surface area contributed by atoms with Gasteiger partial charge in [0.1, 0.15) is 5.82 Å². The summed E-state index contributed by atoms with van der Waals surface area (Å²) in [7, 11) is 0. The molecule has 19 heavy (non-hydrogen) atoms. The number of aromatic nitrogens is 2. The van der Waals surface area contributed by atoms with E-state index in [9.17, 15) is 4.79 Å². The molecule has 1 N–H and O–H groups in total. The highest BCUT2D eigenvalue weighted by atomic mass is 16.4. The van der Waals surface area contributed by atoms with Gasteiger partial charge in [-0.05, 0) is 50.5 Å². The highest BCUT2D eigenvalue weighted by molar-refractivity contribution is 5.85. The van der Waals surface area contributed by atoms with Gasteiger partial charge < -0.3 is 5.11 Å². The first-order valence-electron chi connectivity index (χ1n) is 7.06. The van der Waals surface area contributed by atoms with E-state index in [1.807, 2.05) is 6.92 Å². The number of hydrogen-bond acceptors (Lipinski definition) is 3. The highest BCUT2D eigenvalue weighted by Crippen LogP contribution is 2.37. The lowest BCUT2D eigenvalue weighted by atomic mass is 9.76. The van der Waals surface area contributed by atoms with Gasteiger partial charge >= 0.3 is 5.97 Å². The standard InChI is InChI=1S/C15H22N2O2/c1-9(2)11-4-6-12(7-5-11)14-16-10(3)8-13(17-14)15(18)19/h8-9,11-12H,4-7H2,1-3H3,(H,18,19). The Morgan fingerprint density at radius 1 is 1.26 bits per heavy atom. The van der Waals surface area contributed by atoms with Crippen LogP contribution in [0.4, 0.5) is 0 Å². The van der Waals surface area contributed by atoms with Gasteiger partial charge in [-0.1, -0.05) is 13.8 Å². The predicted molar refractivity (Wildman–Crippen MR) is 73.3 cm³/mol. The number of carbonyl (C=O) groups is 1. The third-order valence-corrected chi connectivity index (χ3v) is 4.17. The zero-order valence-electron chi connectivity index (χ0n) is 11.9. The van der Waals surface area contributed by atoms with Gasteiger partial charge in [0, 0.05) is 11.6 Å². The van der Waals surface area contributed by atoms with Crippen molar-refractivity contribution in [1.29, 1.82) is 0 Å². The lowest BCUT2D eigenvalue weighted by Crippen LogP contribution is -2.20. The van der Waals surface area contributed by atoms with E-state index < -0.39 is 5.97 Å². The Kier molecular flexibility index (Phi) is 4.17. The van der Waals surface area contributed by atoms with Crippen molar-refractivity contribution in [3.8, 4) is 0 Å². The van der Waals surface area contributed by atoms with Crippen LogP contribution in [-0.2, 0) is 0 Å². The van der Waals surface area contributed by atoms with Crippen molar-refractivity contribution in [2.24, 2.45) is 11.8 Å². The number of carboxylic acid groups (broad SMARTS) is 1. The number of aromatic carboxylic acids is 1. The fraction of sp³-hybridized carbons (Fsp3) is 0.667. The topological polar surface area (TPSA) is 63.1 Å². The third-order valence-electron chi connectivity index (χ3n) is 4.17. The molecule has 0 spiro atoms. The molecular weight excluding hydrogens is 240 g/mol. The van der Waals surface area contributed by atoms with Gasteiger partial charge in [0.25, 0.3) is 0 Å². The van der Waals surface area contributed by atoms with Gasteiger partial charge in [-0.3, -0.25) is 0 Å². The van der Waals surface area contributed by atoms with E-state index in [-0.39, 0.29) is 5.69 Å². The first-order valence-corrected chi connectivity index (χ1v) is 7.06. The van der Waals surface area contributed by atoms with E-state index in [1.54, 1.807) is 0 Å². The Bertz CT molecular complexity index is 463. The molecule has 0 aromatic carbocycles. The summed E-state index contributed by atoms with van der Waals surface area (Å²) in [6.07, 6.45) is 4.54. The molecule has 1 heterocycles. The number of hydrogen-bond donors (Lipinski definition) is 1. The second-order valence-corrected chi connectivity index (χ2v) is 5.91. The van der Waals surface area contributed by atoms with Crippen LogP contribution in [-0.4, -0.2) is 21.0 Å². The molecule has 1 fully saturated rings. The maximum atomic E-state index is 11.0. The molecular formula is C15H22N2O2. The van der Waals surface area contributed by atoms with E-state index in [0.29, 0.717) is 5.92 Å². The van der Waals surface area contributed by atoms with Crippen molar-refractivity contribution in [1.82, 2.24) is 9.97 Å². The van der Waals surface area contributed by atoms with Crippen LogP contribution >= 0.6 is 0 Å². The van der Waals surface area contributed by atoms with Crippen LogP contribution in [0.5, 0.6) is 0 Å².